The molecule has 1 N–H and O–H groups in total. The third kappa shape index (κ3) is 9.57. The fraction of sp³-hybridized carbons (Fsp3) is 1.00. The molecule has 0 aliphatic carbocycles. The molecule has 0 atom stereocenters. The fourth-order valence-electron chi connectivity index (χ4n) is 1.77. The lowest BCUT2D eigenvalue weighted by atomic mass is 10.2. The van der Waals surface area contributed by atoms with Crippen molar-refractivity contribution in [3.63, 3.8) is 0 Å². The molecule has 3 heteroatoms. The second-order valence-corrected chi connectivity index (χ2v) is 5.06. The summed E-state index contributed by atoms with van der Waals surface area (Å²) in [6, 6.07) is 0.672. The average molecular weight is 243 g/mol. The smallest absolute Gasteiger partial charge is 0.0107 e. The quantitative estimate of drug-likeness (QED) is 0.560. The molecular weight excluding hydrogens is 210 g/mol. The van der Waals surface area contributed by atoms with Gasteiger partial charge in [0.2, 0.25) is 0 Å². The largest absolute Gasteiger partial charge is 0.315 e. The summed E-state index contributed by atoms with van der Waals surface area (Å²) in [5, 5.41) is 3.53. The van der Waals surface area contributed by atoms with Crippen LogP contribution in [0.25, 0.3) is 0 Å². The number of hydrogen-bond acceptors (Lipinski definition) is 3. The van der Waals surface area contributed by atoms with E-state index in [0.717, 1.165) is 26.2 Å². The van der Waals surface area contributed by atoms with Crippen LogP contribution in [0.1, 0.15) is 40.5 Å². The van der Waals surface area contributed by atoms with Crippen LogP contribution in [0.15, 0.2) is 0 Å². The Hall–Kier alpha value is -0.120. The Balaban J connectivity index is 3.24. The molecule has 0 saturated heterocycles. The topological polar surface area (TPSA) is 18.5 Å². The van der Waals surface area contributed by atoms with Gasteiger partial charge in [0, 0.05) is 19.1 Å². The molecule has 0 aromatic rings. The maximum atomic E-state index is 3.53. The summed E-state index contributed by atoms with van der Waals surface area (Å²) in [6.07, 6.45) is 2.59. The van der Waals surface area contributed by atoms with Crippen molar-refractivity contribution in [3.8, 4) is 0 Å². The van der Waals surface area contributed by atoms with Crippen LogP contribution in [0, 0.1) is 0 Å². The number of nitrogens with one attached hydrogen (secondary N) is 1. The first-order valence-corrected chi connectivity index (χ1v) is 7.25. The molecule has 17 heavy (non-hydrogen) atoms. The summed E-state index contributed by atoms with van der Waals surface area (Å²) in [7, 11) is 2.21. The van der Waals surface area contributed by atoms with Crippen molar-refractivity contribution in [2.24, 2.45) is 0 Å². The van der Waals surface area contributed by atoms with Crippen molar-refractivity contribution >= 4 is 0 Å². The van der Waals surface area contributed by atoms with Gasteiger partial charge in [0.1, 0.15) is 0 Å². The van der Waals surface area contributed by atoms with Crippen molar-refractivity contribution in [3.05, 3.63) is 0 Å². The third-order valence-electron chi connectivity index (χ3n) is 3.50. The zero-order valence-corrected chi connectivity index (χ0v) is 12.6. The molecular formula is C14H33N3. The van der Waals surface area contributed by atoms with Crippen molar-refractivity contribution in [2.45, 2.75) is 46.6 Å². The Kier molecular flexibility index (Phi) is 10.9. The van der Waals surface area contributed by atoms with Gasteiger partial charge < -0.3 is 15.1 Å². The van der Waals surface area contributed by atoms with Gasteiger partial charge in [0.15, 0.2) is 0 Å². The number of rotatable bonds is 11. The molecule has 0 radical (unpaired) electrons. The summed E-state index contributed by atoms with van der Waals surface area (Å²) < 4.78 is 0. The van der Waals surface area contributed by atoms with Gasteiger partial charge in [-0.2, -0.15) is 0 Å². The van der Waals surface area contributed by atoms with Crippen LogP contribution < -0.4 is 5.32 Å². The molecule has 0 bridgehead atoms. The van der Waals surface area contributed by atoms with Gasteiger partial charge in [-0.25, -0.2) is 0 Å². The van der Waals surface area contributed by atoms with Crippen molar-refractivity contribution in [1.82, 2.24) is 15.1 Å². The van der Waals surface area contributed by atoms with Crippen LogP contribution in [0.4, 0.5) is 0 Å². The Morgan fingerprint density at radius 3 is 2.12 bits per heavy atom. The van der Waals surface area contributed by atoms with Crippen molar-refractivity contribution < 1.29 is 0 Å². The monoisotopic (exact) mass is 243 g/mol. The van der Waals surface area contributed by atoms with E-state index in [0.29, 0.717) is 6.04 Å². The lowest BCUT2D eigenvalue weighted by Gasteiger charge is -2.21. The van der Waals surface area contributed by atoms with E-state index < -0.39 is 0 Å². The van der Waals surface area contributed by atoms with Gasteiger partial charge in [-0.05, 0) is 59.9 Å². The molecule has 3 nitrogen and oxygen atoms in total. The number of hydrogen-bond donors (Lipinski definition) is 1. The van der Waals surface area contributed by atoms with E-state index in [1.807, 2.05) is 0 Å². The van der Waals surface area contributed by atoms with Gasteiger partial charge in [0.25, 0.3) is 0 Å². The van der Waals surface area contributed by atoms with Crippen molar-refractivity contribution in [2.75, 3.05) is 46.3 Å². The number of unbranched alkanes of at least 4 members (excludes halogenated alkanes) is 1. The molecule has 0 unspecified atom stereocenters. The molecule has 0 amide bonds. The second-order valence-electron chi connectivity index (χ2n) is 5.06. The van der Waals surface area contributed by atoms with Gasteiger partial charge >= 0.3 is 0 Å². The lowest BCUT2D eigenvalue weighted by molar-refractivity contribution is 0.266. The zero-order valence-electron chi connectivity index (χ0n) is 12.6. The molecule has 0 heterocycles. The Morgan fingerprint density at radius 1 is 0.941 bits per heavy atom. The van der Waals surface area contributed by atoms with E-state index in [4.69, 9.17) is 0 Å². The standard InChI is InChI=1S/C14H33N3/c1-6-17(7-2)13-11-15-10-8-9-12-16(5)14(3)4/h14-15H,6-13H2,1-5H3. The lowest BCUT2D eigenvalue weighted by Crippen LogP contribution is -2.32. The second kappa shape index (κ2) is 11.0. The summed E-state index contributed by atoms with van der Waals surface area (Å²) in [5.74, 6) is 0. The normalized spacial score (nSPS) is 12.0. The predicted octanol–water partition coefficient (Wildman–Crippen LogP) is 2.04. The maximum absolute atomic E-state index is 3.53. The zero-order chi connectivity index (χ0) is 13.1. The molecule has 0 fully saturated rings. The van der Waals surface area contributed by atoms with Gasteiger partial charge in [-0.3, -0.25) is 0 Å². The van der Waals surface area contributed by atoms with Crippen LogP contribution >= 0.6 is 0 Å². The minimum absolute atomic E-state index is 0.672. The minimum atomic E-state index is 0.672. The van der Waals surface area contributed by atoms with Gasteiger partial charge in [0.05, 0.1) is 0 Å². The van der Waals surface area contributed by atoms with Crippen LogP contribution in [-0.2, 0) is 0 Å². The van der Waals surface area contributed by atoms with Gasteiger partial charge in [-0.15, -0.1) is 0 Å². The first kappa shape index (κ1) is 16.9. The van der Waals surface area contributed by atoms with E-state index in [-0.39, 0.29) is 0 Å². The molecule has 0 aromatic heterocycles. The number of nitrogens with zero attached hydrogens (tertiary/aromatic N) is 2. The predicted molar refractivity (Wildman–Crippen MR) is 77.7 cm³/mol. The van der Waals surface area contributed by atoms with Crippen molar-refractivity contribution in [1.29, 1.82) is 0 Å². The van der Waals surface area contributed by atoms with Crippen LogP contribution in [0.2, 0.25) is 0 Å². The highest BCUT2D eigenvalue weighted by Crippen LogP contribution is 1.97. The van der Waals surface area contributed by atoms with E-state index >= 15 is 0 Å². The van der Waals surface area contributed by atoms with E-state index in [9.17, 15) is 0 Å². The first-order chi connectivity index (χ1) is 8.11. The van der Waals surface area contributed by atoms with E-state index in [1.165, 1.54) is 25.9 Å². The summed E-state index contributed by atoms with van der Waals surface area (Å²) >= 11 is 0. The van der Waals surface area contributed by atoms with Crippen LogP contribution in [0.5, 0.6) is 0 Å². The third-order valence-corrected chi connectivity index (χ3v) is 3.50. The molecule has 0 spiro atoms. The van der Waals surface area contributed by atoms with Gasteiger partial charge in [-0.1, -0.05) is 13.8 Å². The first-order valence-electron chi connectivity index (χ1n) is 7.25. The summed E-state index contributed by atoms with van der Waals surface area (Å²) in [4.78, 5) is 4.87. The molecule has 104 valence electrons. The summed E-state index contributed by atoms with van der Waals surface area (Å²) in [6.45, 7) is 16.0. The minimum Gasteiger partial charge on any atom is -0.315 e. The van der Waals surface area contributed by atoms with Crippen LogP contribution in [0.3, 0.4) is 0 Å². The average Bonchev–Trinajstić information content (AvgIpc) is 2.32. The Morgan fingerprint density at radius 2 is 1.59 bits per heavy atom. The van der Waals surface area contributed by atoms with E-state index in [2.05, 4.69) is 49.9 Å². The van der Waals surface area contributed by atoms with Crippen LogP contribution in [-0.4, -0.2) is 62.2 Å². The molecule has 0 aliphatic rings. The number of likely N-dealkylation sites (N-methyl/N-ethyl adjacent to an activating group) is 1. The Labute approximate surface area is 109 Å². The molecule has 0 aliphatic heterocycles. The highest BCUT2D eigenvalue weighted by atomic mass is 15.1. The Bertz CT molecular complexity index is 150. The maximum Gasteiger partial charge on any atom is 0.0107 e. The molecule has 0 saturated carbocycles. The van der Waals surface area contributed by atoms with E-state index in [1.54, 1.807) is 0 Å². The molecule has 0 aromatic carbocycles. The fourth-order valence-corrected chi connectivity index (χ4v) is 1.77. The SMILES string of the molecule is CCN(CC)CCNCCCCN(C)C(C)C. The highest BCUT2D eigenvalue weighted by Gasteiger charge is 2.01. The summed E-state index contributed by atoms with van der Waals surface area (Å²) in [5.41, 5.74) is 0. The molecule has 0 rings (SSSR count). The highest BCUT2D eigenvalue weighted by molar-refractivity contribution is 4.59.